The van der Waals surface area contributed by atoms with Crippen LogP contribution in [-0.2, 0) is 6.42 Å². The summed E-state index contributed by atoms with van der Waals surface area (Å²) in [5.41, 5.74) is -0.707. The first-order valence-electron chi connectivity index (χ1n) is 7.68. The third kappa shape index (κ3) is 4.74. The predicted octanol–water partition coefficient (Wildman–Crippen LogP) is 5.84. The van der Waals surface area contributed by atoms with Crippen molar-refractivity contribution < 1.29 is 26.3 Å². The molecule has 0 saturated heterocycles. The largest absolute Gasteiger partial charge is 0.405 e. The lowest BCUT2D eigenvalue weighted by molar-refractivity contribution is -0.115. The van der Waals surface area contributed by atoms with Gasteiger partial charge in [0, 0.05) is 29.7 Å². The van der Waals surface area contributed by atoms with E-state index in [2.05, 4.69) is 15.3 Å². The first-order chi connectivity index (χ1) is 13.1. The topological polar surface area (TPSA) is 37.8 Å². The van der Waals surface area contributed by atoms with Crippen LogP contribution in [0, 0.1) is 17.5 Å². The smallest absolute Gasteiger partial charge is 0.361 e. The molecule has 1 N–H and O–H groups in total. The van der Waals surface area contributed by atoms with Crippen molar-refractivity contribution >= 4 is 28.8 Å². The van der Waals surface area contributed by atoms with E-state index < -0.39 is 42.2 Å². The van der Waals surface area contributed by atoms with Crippen LogP contribution in [0.25, 0.3) is 10.7 Å². The molecule has 1 aromatic carbocycles. The summed E-state index contributed by atoms with van der Waals surface area (Å²) in [5, 5.41) is 3.53. The monoisotopic (exact) mass is 437 g/mol. The summed E-state index contributed by atoms with van der Waals surface area (Å²) in [6, 6.07) is 4.27. The lowest BCUT2D eigenvalue weighted by Gasteiger charge is -2.15. The van der Waals surface area contributed by atoms with E-state index in [4.69, 9.17) is 11.6 Å². The number of benzene rings is 1. The number of aromatic nitrogens is 2. The summed E-state index contributed by atoms with van der Waals surface area (Å²) >= 11 is 7.34. The predicted molar refractivity (Wildman–Crippen MR) is 94.0 cm³/mol. The second kappa shape index (κ2) is 7.96. The molecule has 0 fully saturated rings. The van der Waals surface area contributed by atoms with Crippen LogP contribution in [0.4, 0.5) is 32.2 Å². The van der Waals surface area contributed by atoms with Crippen LogP contribution in [0.5, 0.6) is 0 Å². The number of hydrogen-bond acceptors (Lipinski definition) is 4. The number of halogens is 7. The van der Waals surface area contributed by atoms with Gasteiger partial charge in [-0.15, -0.1) is 11.3 Å². The van der Waals surface area contributed by atoms with Crippen molar-refractivity contribution in [1.82, 2.24) is 9.97 Å². The highest BCUT2D eigenvalue weighted by Gasteiger charge is 2.28. The van der Waals surface area contributed by atoms with Gasteiger partial charge in [0.1, 0.15) is 35.0 Å². The average Bonchev–Trinajstić information content (AvgIpc) is 3.11. The number of alkyl halides is 3. The molecule has 28 heavy (non-hydrogen) atoms. The fourth-order valence-electron chi connectivity index (χ4n) is 2.38. The molecule has 2 heterocycles. The molecule has 2 aromatic heterocycles. The Hall–Kier alpha value is -2.33. The van der Waals surface area contributed by atoms with Crippen LogP contribution in [0.15, 0.2) is 29.6 Å². The zero-order valence-corrected chi connectivity index (χ0v) is 15.3. The van der Waals surface area contributed by atoms with Crippen LogP contribution in [0.2, 0.25) is 5.15 Å². The molecular weight excluding hydrogens is 428 g/mol. The summed E-state index contributed by atoms with van der Waals surface area (Å²) in [5.74, 6) is -3.77. The first kappa shape index (κ1) is 20.4. The molecule has 148 valence electrons. The second-order valence-electron chi connectivity index (χ2n) is 5.64. The van der Waals surface area contributed by atoms with E-state index in [1.54, 1.807) is 17.5 Å². The third-order valence-corrected chi connectivity index (χ3v) is 4.79. The fourth-order valence-corrected chi connectivity index (χ4v) is 3.27. The van der Waals surface area contributed by atoms with Crippen LogP contribution in [-0.4, -0.2) is 22.7 Å². The van der Waals surface area contributed by atoms with Gasteiger partial charge in [0.25, 0.3) is 0 Å². The van der Waals surface area contributed by atoms with Gasteiger partial charge in [-0.25, -0.2) is 23.1 Å². The standard InChI is InChI=1S/C17H10ClF6N3S/c18-14-10(6-9-11(20)4-8(19)5-12(9)21)15(25-7-17(22,23)24)27-16(26-14)13-2-1-3-28-13/h1-5H,6-7H2,(H,25,26,27). The maximum atomic E-state index is 14.0. The van der Waals surface area contributed by atoms with Crippen LogP contribution in [0.1, 0.15) is 11.1 Å². The molecule has 3 nitrogen and oxygen atoms in total. The van der Waals surface area contributed by atoms with Crippen molar-refractivity contribution in [3.63, 3.8) is 0 Å². The summed E-state index contributed by atoms with van der Waals surface area (Å²) < 4.78 is 79.0. The van der Waals surface area contributed by atoms with Crippen molar-refractivity contribution in [2.45, 2.75) is 12.6 Å². The zero-order valence-electron chi connectivity index (χ0n) is 13.7. The minimum Gasteiger partial charge on any atom is -0.361 e. The lowest BCUT2D eigenvalue weighted by Crippen LogP contribution is -2.23. The van der Waals surface area contributed by atoms with E-state index >= 15 is 0 Å². The average molecular weight is 438 g/mol. The Morgan fingerprint density at radius 3 is 2.29 bits per heavy atom. The van der Waals surface area contributed by atoms with Crippen LogP contribution in [0.3, 0.4) is 0 Å². The van der Waals surface area contributed by atoms with Crippen LogP contribution >= 0.6 is 22.9 Å². The molecule has 0 aliphatic heterocycles. The normalized spacial score (nSPS) is 11.7. The van der Waals surface area contributed by atoms with Gasteiger partial charge >= 0.3 is 6.18 Å². The molecule has 0 unspecified atom stereocenters. The van der Waals surface area contributed by atoms with Gasteiger partial charge in [-0.1, -0.05) is 17.7 Å². The van der Waals surface area contributed by atoms with Gasteiger partial charge in [0.15, 0.2) is 5.82 Å². The summed E-state index contributed by atoms with van der Waals surface area (Å²) in [7, 11) is 0. The Morgan fingerprint density at radius 1 is 1.04 bits per heavy atom. The van der Waals surface area contributed by atoms with Gasteiger partial charge in [0.2, 0.25) is 0 Å². The Balaban J connectivity index is 2.06. The third-order valence-electron chi connectivity index (χ3n) is 3.61. The van der Waals surface area contributed by atoms with E-state index in [0.717, 1.165) is 0 Å². The van der Waals surface area contributed by atoms with E-state index in [9.17, 15) is 26.3 Å². The minimum atomic E-state index is -4.57. The number of rotatable bonds is 5. The molecule has 0 spiro atoms. The number of thiophene rings is 1. The number of nitrogens with one attached hydrogen (secondary N) is 1. The highest BCUT2D eigenvalue weighted by Crippen LogP contribution is 2.31. The molecule has 11 heteroatoms. The van der Waals surface area contributed by atoms with Crippen molar-refractivity contribution in [2.75, 3.05) is 11.9 Å². The molecule has 0 aliphatic rings. The molecule has 0 bridgehead atoms. The van der Waals surface area contributed by atoms with Gasteiger partial charge < -0.3 is 5.32 Å². The van der Waals surface area contributed by atoms with Gasteiger partial charge in [-0.3, -0.25) is 0 Å². The fraction of sp³-hybridized carbons (Fsp3) is 0.176. The minimum absolute atomic E-state index is 0.0634. The molecule has 0 aliphatic carbocycles. The quantitative estimate of drug-likeness (QED) is 0.402. The summed E-state index contributed by atoms with van der Waals surface area (Å²) in [4.78, 5) is 8.60. The van der Waals surface area contributed by atoms with Crippen molar-refractivity contribution in [3.8, 4) is 10.7 Å². The maximum absolute atomic E-state index is 14.0. The Bertz CT molecular complexity index is 968. The molecule has 0 atom stereocenters. The SMILES string of the molecule is Fc1cc(F)c(Cc2c(Cl)nc(-c3cccs3)nc2NCC(F)(F)F)c(F)c1. The van der Waals surface area contributed by atoms with E-state index in [-0.39, 0.29) is 22.4 Å². The number of hydrogen-bond donors (Lipinski definition) is 1. The molecule has 0 radical (unpaired) electrons. The van der Waals surface area contributed by atoms with Crippen LogP contribution < -0.4 is 5.32 Å². The molecule has 0 amide bonds. The zero-order chi connectivity index (χ0) is 20.5. The number of nitrogens with zero attached hydrogens (tertiary/aromatic N) is 2. The Morgan fingerprint density at radius 2 is 1.71 bits per heavy atom. The summed E-state index contributed by atoms with van der Waals surface area (Å²) in [6.45, 7) is -1.44. The van der Waals surface area contributed by atoms with Gasteiger partial charge in [-0.05, 0) is 11.4 Å². The van der Waals surface area contributed by atoms with Gasteiger partial charge in [-0.2, -0.15) is 13.2 Å². The van der Waals surface area contributed by atoms with Crippen molar-refractivity contribution in [3.05, 3.63) is 63.4 Å². The number of anilines is 1. The van der Waals surface area contributed by atoms with E-state index in [0.29, 0.717) is 17.0 Å². The lowest BCUT2D eigenvalue weighted by atomic mass is 10.0. The summed E-state index contributed by atoms with van der Waals surface area (Å²) in [6.07, 6.45) is -5.13. The molecule has 3 rings (SSSR count). The van der Waals surface area contributed by atoms with Crippen molar-refractivity contribution in [1.29, 1.82) is 0 Å². The molecule has 3 aromatic rings. The highest BCUT2D eigenvalue weighted by molar-refractivity contribution is 7.13. The first-order valence-corrected chi connectivity index (χ1v) is 8.94. The van der Waals surface area contributed by atoms with E-state index in [1.807, 2.05) is 0 Å². The van der Waals surface area contributed by atoms with Gasteiger partial charge in [0.05, 0.1) is 4.88 Å². The maximum Gasteiger partial charge on any atom is 0.405 e. The van der Waals surface area contributed by atoms with Crippen molar-refractivity contribution in [2.24, 2.45) is 0 Å². The Labute approximate surface area is 164 Å². The van der Waals surface area contributed by atoms with E-state index in [1.165, 1.54) is 11.3 Å². The molecule has 0 saturated carbocycles. The highest BCUT2D eigenvalue weighted by atomic mass is 35.5. The Kier molecular flexibility index (Phi) is 5.80. The second-order valence-corrected chi connectivity index (χ2v) is 6.94. The molecular formula is C17H10ClF6N3S.